The Morgan fingerprint density at radius 1 is 1.08 bits per heavy atom. The lowest BCUT2D eigenvalue weighted by Gasteiger charge is -2.44. The molecular formula is C21H30Cl2N2O. The first-order chi connectivity index (χ1) is 11.9. The average molecular weight is 397 g/mol. The Kier molecular flexibility index (Phi) is 8.03. The first-order valence-corrected chi connectivity index (χ1v) is 9.47. The lowest BCUT2D eigenvalue weighted by Crippen LogP contribution is -2.48. The highest BCUT2D eigenvalue weighted by Crippen LogP contribution is 2.46. The Morgan fingerprint density at radius 3 is 2.46 bits per heavy atom. The summed E-state index contributed by atoms with van der Waals surface area (Å²) in [6.07, 6.45) is 4.08. The van der Waals surface area contributed by atoms with Gasteiger partial charge in [0.05, 0.1) is 6.61 Å². The Bertz CT molecular complexity index is 699. The third kappa shape index (κ3) is 4.12. The maximum atomic E-state index is 6.09. The summed E-state index contributed by atoms with van der Waals surface area (Å²) in [7, 11) is 0. The van der Waals surface area contributed by atoms with Gasteiger partial charge in [0.15, 0.2) is 0 Å². The Balaban J connectivity index is 0.00000121. The average Bonchev–Trinajstić information content (AvgIpc) is 2.59. The summed E-state index contributed by atoms with van der Waals surface area (Å²) in [6, 6.07) is 13.7. The third-order valence-electron chi connectivity index (χ3n) is 5.67. The topological polar surface area (TPSA) is 24.5 Å². The molecule has 5 heteroatoms. The van der Waals surface area contributed by atoms with E-state index in [1.807, 2.05) is 0 Å². The number of piperazine rings is 1. The minimum atomic E-state index is 0. The molecule has 0 bridgehead atoms. The highest BCUT2D eigenvalue weighted by molar-refractivity contribution is 5.88. The van der Waals surface area contributed by atoms with Crippen molar-refractivity contribution in [2.75, 3.05) is 32.8 Å². The van der Waals surface area contributed by atoms with Crippen LogP contribution in [-0.2, 0) is 0 Å². The molecule has 0 unspecified atom stereocenters. The molecule has 0 amide bonds. The fourth-order valence-electron chi connectivity index (χ4n) is 4.29. The largest absolute Gasteiger partial charge is 0.494 e. The summed E-state index contributed by atoms with van der Waals surface area (Å²) < 4.78 is 6.09. The Labute approximate surface area is 169 Å². The van der Waals surface area contributed by atoms with Crippen molar-refractivity contribution in [3.63, 3.8) is 0 Å². The number of ether oxygens (including phenoxy) is 1. The second-order valence-electron chi connectivity index (χ2n) is 7.05. The zero-order valence-corrected chi connectivity index (χ0v) is 17.1. The van der Waals surface area contributed by atoms with Crippen LogP contribution in [0.2, 0.25) is 0 Å². The molecule has 1 atom stereocenters. The Morgan fingerprint density at radius 2 is 1.81 bits per heavy atom. The predicted molar refractivity (Wildman–Crippen MR) is 114 cm³/mol. The van der Waals surface area contributed by atoms with Gasteiger partial charge in [0.2, 0.25) is 0 Å². The molecule has 0 aromatic heterocycles. The summed E-state index contributed by atoms with van der Waals surface area (Å²) >= 11 is 0. The van der Waals surface area contributed by atoms with Crippen LogP contribution in [0.3, 0.4) is 0 Å². The SMILES string of the molecule is CCOc1ccc2ccccc2c1[C@@H](C1CCC1)N1CCNCC1.Cl.Cl. The minimum Gasteiger partial charge on any atom is -0.494 e. The number of hydrogen-bond acceptors (Lipinski definition) is 3. The van der Waals surface area contributed by atoms with Gasteiger partial charge in [0.1, 0.15) is 5.75 Å². The van der Waals surface area contributed by atoms with Crippen molar-refractivity contribution in [1.82, 2.24) is 10.2 Å². The molecule has 26 heavy (non-hydrogen) atoms. The van der Waals surface area contributed by atoms with Crippen molar-refractivity contribution >= 4 is 35.6 Å². The lowest BCUT2D eigenvalue weighted by atomic mass is 9.75. The Hall–Kier alpha value is -1.00. The first kappa shape index (κ1) is 21.3. The van der Waals surface area contributed by atoms with Crippen LogP contribution in [0.4, 0.5) is 0 Å². The third-order valence-corrected chi connectivity index (χ3v) is 5.67. The van der Waals surface area contributed by atoms with Crippen LogP contribution < -0.4 is 10.1 Å². The molecule has 144 valence electrons. The fraction of sp³-hybridized carbons (Fsp3) is 0.524. The highest BCUT2D eigenvalue weighted by Gasteiger charge is 2.36. The van der Waals surface area contributed by atoms with Gasteiger partial charge in [0.25, 0.3) is 0 Å². The van der Waals surface area contributed by atoms with E-state index < -0.39 is 0 Å². The van der Waals surface area contributed by atoms with Gasteiger partial charge in [0, 0.05) is 37.8 Å². The van der Waals surface area contributed by atoms with Gasteiger partial charge in [-0.05, 0) is 42.5 Å². The van der Waals surface area contributed by atoms with E-state index in [1.54, 1.807) is 0 Å². The molecule has 2 aromatic rings. The van der Waals surface area contributed by atoms with Crippen LogP contribution in [0, 0.1) is 5.92 Å². The fourth-order valence-corrected chi connectivity index (χ4v) is 4.29. The van der Waals surface area contributed by atoms with E-state index in [2.05, 4.69) is 53.5 Å². The standard InChI is InChI=1S/C21H28N2O.2ClH/c1-2-24-19-11-10-16-6-3-4-9-18(16)20(19)21(17-7-5-8-17)23-14-12-22-13-15-23;;/h3-4,6,9-11,17,21-22H,2,5,7-8,12-15H2,1H3;2*1H/t21-;;/m1../s1. The molecule has 2 fully saturated rings. The molecule has 1 aliphatic heterocycles. The lowest BCUT2D eigenvalue weighted by molar-refractivity contribution is 0.0824. The summed E-state index contributed by atoms with van der Waals surface area (Å²) in [5.41, 5.74) is 1.43. The van der Waals surface area contributed by atoms with E-state index in [1.165, 1.54) is 35.6 Å². The molecule has 1 N–H and O–H groups in total. The van der Waals surface area contributed by atoms with Crippen molar-refractivity contribution < 1.29 is 4.74 Å². The van der Waals surface area contributed by atoms with Crippen LogP contribution in [0.15, 0.2) is 36.4 Å². The van der Waals surface area contributed by atoms with Crippen LogP contribution in [0.1, 0.15) is 37.8 Å². The zero-order chi connectivity index (χ0) is 16.4. The van der Waals surface area contributed by atoms with E-state index in [4.69, 9.17) is 4.74 Å². The molecule has 0 spiro atoms. The molecular weight excluding hydrogens is 367 g/mol. The first-order valence-electron chi connectivity index (χ1n) is 9.47. The van der Waals surface area contributed by atoms with Crippen molar-refractivity contribution in [1.29, 1.82) is 0 Å². The van der Waals surface area contributed by atoms with Gasteiger partial charge in [-0.2, -0.15) is 0 Å². The molecule has 3 nitrogen and oxygen atoms in total. The predicted octanol–water partition coefficient (Wildman–Crippen LogP) is 4.83. The van der Waals surface area contributed by atoms with Crippen LogP contribution in [0.5, 0.6) is 5.75 Å². The smallest absolute Gasteiger partial charge is 0.124 e. The summed E-state index contributed by atoms with van der Waals surface area (Å²) in [4.78, 5) is 2.70. The van der Waals surface area contributed by atoms with Crippen molar-refractivity contribution in [3.05, 3.63) is 42.0 Å². The number of nitrogens with one attached hydrogen (secondary N) is 1. The maximum absolute atomic E-state index is 6.09. The number of nitrogens with zero attached hydrogens (tertiary/aromatic N) is 1. The second-order valence-corrected chi connectivity index (χ2v) is 7.05. The van der Waals surface area contributed by atoms with Gasteiger partial charge in [-0.15, -0.1) is 24.8 Å². The normalized spacial score (nSPS) is 19.1. The molecule has 2 aromatic carbocycles. The van der Waals surface area contributed by atoms with Gasteiger partial charge < -0.3 is 10.1 Å². The molecule has 4 rings (SSSR count). The molecule has 1 heterocycles. The molecule has 1 saturated carbocycles. The van der Waals surface area contributed by atoms with Crippen molar-refractivity contribution in [2.24, 2.45) is 5.92 Å². The summed E-state index contributed by atoms with van der Waals surface area (Å²) in [5.74, 6) is 1.86. The van der Waals surface area contributed by atoms with E-state index in [-0.39, 0.29) is 24.8 Å². The van der Waals surface area contributed by atoms with Crippen LogP contribution >= 0.6 is 24.8 Å². The van der Waals surface area contributed by atoms with Gasteiger partial charge in [-0.1, -0.05) is 36.8 Å². The number of benzene rings is 2. The van der Waals surface area contributed by atoms with Crippen molar-refractivity contribution in [2.45, 2.75) is 32.2 Å². The summed E-state index contributed by atoms with van der Waals surface area (Å²) in [5, 5.41) is 6.20. The molecule has 1 saturated heterocycles. The number of hydrogen-bond donors (Lipinski definition) is 1. The van der Waals surface area contributed by atoms with E-state index in [0.29, 0.717) is 6.04 Å². The highest BCUT2D eigenvalue weighted by atomic mass is 35.5. The van der Waals surface area contributed by atoms with Crippen LogP contribution in [0.25, 0.3) is 10.8 Å². The number of rotatable bonds is 5. The van der Waals surface area contributed by atoms with E-state index in [0.717, 1.165) is 44.5 Å². The molecule has 0 radical (unpaired) electrons. The van der Waals surface area contributed by atoms with Gasteiger partial charge in [-0.3, -0.25) is 4.90 Å². The molecule has 2 aliphatic rings. The van der Waals surface area contributed by atoms with Gasteiger partial charge in [-0.25, -0.2) is 0 Å². The summed E-state index contributed by atoms with van der Waals surface area (Å²) in [6.45, 7) is 7.27. The van der Waals surface area contributed by atoms with Gasteiger partial charge >= 0.3 is 0 Å². The monoisotopic (exact) mass is 396 g/mol. The quantitative estimate of drug-likeness (QED) is 0.782. The minimum absolute atomic E-state index is 0. The second kappa shape index (κ2) is 9.80. The maximum Gasteiger partial charge on any atom is 0.124 e. The molecule has 1 aliphatic carbocycles. The van der Waals surface area contributed by atoms with Crippen molar-refractivity contribution in [3.8, 4) is 5.75 Å². The van der Waals surface area contributed by atoms with Crippen LogP contribution in [-0.4, -0.2) is 37.7 Å². The zero-order valence-electron chi connectivity index (χ0n) is 15.4. The van der Waals surface area contributed by atoms with E-state index in [9.17, 15) is 0 Å². The number of halogens is 2. The van der Waals surface area contributed by atoms with E-state index >= 15 is 0 Å². The number of fused-ring (bicyclic) bond motifs is 1.